The molecule has 96 valence electrons. The lowest BCUT2D eigenvalue weighted by molar-refractivity contribution is 0.231. The normalized spacial score (nSPS) is 12.9. The monoisotopic (exact) mass is 234 g/mol. The highest BCUT2D eigenvalue weighted by Crippen LogP contribution is 2.24. The SMILES string of the molecule is CCCCC(c1ccccc1)N(C)CCNC. The molecule has 0 fully saturated rings. The molecule has 1 unspecified atom stereocenters. The van der Waals surface area contributed by atoms with Gasteiger partial charge < -0.3 is 5.32 Å². The van der Waals surface area contributed by atoms with Crippen LogP contribution in [0.4, 0.5) is 0 Å². The van der Waals surface area contributed by atoms with Crippen molar-refractivity contribution in [2.24, 2.45) is 0 Å². The molecular weight excluding hydrogens is 208 g/mol. The molecule has 1 atom stereocenters. The summed E-state index contributed by atoms with van der Waals surface area (Å²) in [6.45, 7) is 4.40. The number of likely N-dealkylation sites (N-methyl/N-ethyl adjacent to an activating group) is 2. The van der Waals surface area contributed by atoms with Gasteiger partial charge in [0.25, 0.3) is 0 Å². The summed E-state index contributed by atoms with van der Waals surface area (Å²) in [7, 11) is 4.24. The van der Waals surface area contributed by atoms with Crippen molar-refractivity contribution in [1.82, 2.24) is 10.2 Å². The number of benzene rings is 1. The van der Waals surface area contributed by atoms with E-state index in [1.165, 1.54) is 24.8 Å². The van der Waals surface area contributed by atoms with E-state index in [2.05, 4.69) is 54.5 Å². The average molecular weight is 234 g/mol. The second-order valence-electron chi connectivity index (χ2n) is 4.65. The van der Waals surface area contributed by atoms with Crippen LogP contribution in [0.15, 0.2) is 30.3 Å². The van der Waals surface area contributed by atoms with Gasteiger partial charge in [-0.3, -0.25) is 4.90 Å². The van der Waals surface area contributed by atoms with Crippen LogP contribution in [0.1, 0.15) is 37.8 Å². The zero-order valence-corrected chi connectivity index (χ0v) is 11.4. The first-order valence-corrected chi connectivity index (χ1v) is 6.69. The second kappa shape index (κ2) is 8.26. The van der Waals surface area contributed by atoms with Crippen LogP contribution < -0.4 is 5.32 Å². The summed E-state index contributed by atoms with van der Waals surface area (Å²) in [4.78, 5) is 2.46. The molecule has 0 aliphatic rings. The molecule has 0 heterocycles. The van der Waals surface area contributed by atoms with Crippen molar-refractivity contribution in [3.8, 4) is 0 Å². The minimum Gasteiger partial charge on any atom is -0.318 e. The van der Waals surface area contributed by atoms with E-state index < -0.39 is 0 Å². The van der Waals surface area contributed by atoms with E-state index >= 15 is 0 Å². The van der Waals surface area contributed by atoms with Crippen LogP contribution in [0, 0.1) is 0 Å². The Morgan fingerprint density at radius 3 is 2.53 bits per heavy atom. The van der Waals surface area contributed by atoms with E-state index in [0.29, 0.717) is 6.04 Å². The second-order valence-corrected chi connectivity index (χ2v) is 4.65. The van der Waals surface area contributed by atoms with Gasteiger partial charge in [0.05, 0.1) is 0 Å². The molecule has 1 aromatic rings. The van der Waals surface area contributed by atoms with Crippen LogP contribution in [0.25, 0.3) is 0 Å². The molecular formula is C15H26N2. The van der Waals surface area contributed by atoms with Gasteiger partial charge in [-0.05, 0) is 26.1 Å². The molecule has 0 saturated carbocycles. The van der Waals surface area contributed by atoms with E-state index in [9.17, 15) is 0 Å². The fraction of sp³-hybridized carbons (Fsp3) is 0.600. The van der Waals surface area contributed by atoms with Crippen LogP contribution >= 0.6 is 0 Å². The number of hydrogen-bond donors (Lipinski definition) is 1. The van der Waals surface area contributed by atoms with Crippen molar-refractivity contribution in [1.29, 1.82) is 0 Å². The number of nitrogens with zero attached hydrogens (tertiary/aromatic N) is 1. The molecule has 0 aromatic heterocycles. The Hall–Kier alpha value is -0.860. The van der Waals surface area contributed by atoms with Crippen LogP contribution in [-0.2, 0) is 0 Å². The molecule has 0 amide bonds. The maximum absolute atomic E-state index is 3.22. The van der Waals surface area contributed by atoms with Crippen molar-refractivity contribution >= 4 is 0 Å². The minimum atomic E-state index is 0.560. The number of hydrogen-bond acceptors (Lipinski definition) is 2. The van der Waals surface area contributed by atoms with Gasteiger partial charge in [0.15, 0.2) is 0 Å². The molecule has 0 aliphatic heterocycles. The molecule has 0 radical (unpaired) electrons. The molecule has 1 rings (SSSR count). The molecule has 0 spiro atoms. The maximum Gasteiger partial charge on any atom is 0.0345 e. The van der Waals surface area contributed by atoms with Crippen molar-refractivity contribution < 1.29 is 0 Å². The van der Waals surface area contributed by atoms with E-state index in [-0.39, 0.29) is 0 Å². The summed E-state index contributed by atoms with van der Waals surface area (Å²) in [6, 6.07) is 11.4. The standard InChI is InChI=1S/C15H26N2/c1-4-5-11-15(17(3)13-12-16-2)14-9-7-6-8-10-14/h6-10,15-16H,4-5,11-13H2,1-3H3. The van der Waals surface area contributed by atoms with Crippen LogP contribution in [0.5, 0.6) is 0 Å². The van der Waals surface area contributed by atoms with E-state index in [1.807, 2.05) is 7.05 Å². The summed E-state index contributed by atoms with van der Waals surface area (Å²) < 4.78 is 0. The topological polar surface area (TPSA) is 15.3 Å². The van der Waals surface area contributed by atoms with Crippen LogP contribution in [0.2, 0.25) is 0 Å². The predicted octanol–water partition coefficient (Wildman–Crippen LogP) is 3.07. The van der Waals surface area contributed by atoms with E-state index in [4.69, 9.17) is 0 Å². The van der Waals surface area contributed by atoms with Crippen LogP contribution in [-0.4, -0.2) is 32.1 Å². The van der Waals surface area contributed by atoms with Gasteiger partial charge in [0.2, 0.25) is 0 Å². The smallest absolute Gasteiger partial charge is 0.0345 e. The number of unbranched alkanes of at least 4 members (excludes halogenated alkanes) is 1. The third-order valence-electron chi connectivity index (χ3n) is 3.26. The molecule has 2 nitrogen and oxygen atoms in total. The minimum absolute atomic E-state index is 0.560. The summed E-state index contributed by atoms with van der Waals surface area (Å²) in [5, 5.41) is 3.22. The van der Waals surface area contributed by atoms with Crippen LogP contribution in [0.3, 0.4) is 0 Å². The van der Waals surface area contributed by atoms with Gasteiger partial charge >= 0.3 is 0 Å². The highest BCUT2D eigenvalue weighted by Gasteiger charge is 2.15. The van der Waals surface area contributed by atoms with Crippen molar-refractivity contribution in [2.45, 2.75) is 32.2 Å². The van der Waals surface area contributed by atoms with Gasteiger partial charge in [-0.25, -0.2) is 0 Å². The molecule has 1 N–H and O–H groups in total. The Bertz CT molecular complexity index is 284. The Kier molecular flexibility index (Phi) is 6.90. The molecule has 17 heavy (non-hydrogen) atoms. The molecule has 0 bridgehead atoms. The van der Waals surface area contributed by atoms with Gasteiger partial charge in [0.1, 0.15) is 0 Å². The zero-order chi connectivity index (χ0) is 12.5. The average Bonchev–Trinajstić information content (AvgIpc) is 2.38. The third-order valence-corrected chi connectivity index (χ3v) is 3.26. The Labute approximate surface area is 106 Å². The molecule has 1 aromatic carbocycles. The van der Waals surface area contributed by atoms with E-state index in [1.54, 1.807) is 0 Å². The summed E-state index contributed by atoms with van der Waals surface area (Å²) >= 11 is 0. The van der Waals surface area contributed by atoms with Gasteiger partial charge in [-0.15, -0.1) is 0 Å². The maximum atomic E-state index is 3.22. The van der Waals surface area contributed by atoms with Crippen molar-refractivity contribution in [3.05, 3.63) is 35.9 Å². The Morgan fingerprint density at radius 2 is 1.94 bits per heavy atom. The summed E-state index contributed by atoms with van der Waals surface area (Å²) in [5.41, 5.74) is 1.44. The summed E-state index contributed by atoms with van der Waals surface area (Å²) in [5.74, 6) is 0. The highest BCUT2D eigenvalue weighted by molar-refractivity contribution is 5.18. The highest BCUT2D eigenvalue weighted by atomic mass is 15.1. The predicted molar refractivity (Wildman–Crippen MR) is 75.3 cm³/mol. The largest absolute Gasteiger partial charge is 0.318 e. The molecule has 0 aliphatic carbocycles. The molecule has 2 heteroatoms. The fourth-order valence-corrected chi connectivity index (χ4v) is 2.16. The lowest BCUT2D eigenvalue weighted by Crippen LogP contribution is -2.31. The number of rotatable bonds is 8. The van der Waals surface area contributed by atoms with Gasteiger partial charge in [-0.1, -0.05) is 50.1 Å². The van der Waals surface area contributed by atoms with E-state index in [0.717, 1.165) is 13.1 Å². The fourth-order valence-electron chi connectivity index (χ4n) is 2.16. The molecule has 0 saturated heterocycles. The van der Waals surface area contributed by atoms with Gasteiger partial charge in [-0.2, -0.15) is 0 Å². The number of nitrogens with one attached hydrogen (secondary N) is 1. The van der Waals surface area contributed by atoms with Gasteiger partial charge in [0, 0.05) is 19.1 Å². The third kappa shape index (κ3) is 4.88. The van der Waals surface area contributed by atoms with Crippen molar-refractivity contribution in [2.75, 3.05) is 27.2 Å². The van der Waals surface area contributed by atoms with Crippen molar-refractivity contribution in [3.63, 3.8) is 0 Å². The quantitative estimate of drug-likeness (QED) is 0.743. The summed E-state index contributed by atoms with van der Waals surface area (Å²) in [6.07, 6.45) is 3.81. The zero-order valence-electron chi connectivity index (χ0n) is 11.4. The first kappa shape index (κ1) is 14.2. The lowest BCUT2D eigenvalue weighted by atomic mass is 10.00. The Balaban J connectivity index is 2.66. The Morgan fingerprint density at radius 1 is 1.24 bits per heavy atom. The first-order chi connectivity index (χ1) is 8.29. The first-order valence-electron chi connectivity index (χ1n) is 6.69. The lowest BCUT2D eigenvalue weighted by Gasteiger charge is -2.28.